The van der Waals surface area contributed by atoms with E-state index in [9.17, 15) is 0 Å². The monoisotopic (exact) mass is 240 g/mol. The molecule has 1 unspecified atom stereocenters. The van der Waals surface area contributed by atoms with Gasteiger partial charge in [-0.05, 0) is 0 Å². The van der Waals surface area contributed by atoms with Crippen molar-refractivity contribution in [3.63, 3.8) is 0 Å². The summed E-state index contributed by atoms with van der Waals surface area (Å²) in [5, 5.41) is 0. The third kappa shape index (κ3) is 2.42. The number of hydrogen-bond acceptors (Lipinski definition) is 1. The quantitative estimate of drug-likeness (QED) is 0.439. The van der Waals surface area contributed by atoms with E-state index in [1.54, 1.807) is 0 Å². The Bertz CT molecular complexity index is 81.0. The topological polar surface area (TPSA) is 26.0 Å². The Labute approximate surface area is 67.6 Å². The van der Waals surface area contributed by atoms with Gasteiger partial charge in [-0.3, -0.25) is 0 Å². The first-order chi connectivity index (χ1) is 4.38. The van der Waals surface area contributed by atoms with Gasteiger partial charge in [0.25, 0.3) is 0 Å². The summed E-state index contributed by atoms with van der Waals surface area (Å²) in [5.41, 5.74) is 5.49. The van der Waals surface area contributed by atoms with Crippen LogP contribution in [0.4, 0.5) is 0 Å². The summed E-state index contributed by atoms with van der Waals surface area (Å²) >= 11 is 0.477. The Morgan fingerprint density at radius 3 is 2.67 bits per heavy atom. The van der Waals surface area contributed by atoms with Crippen LogP contribution >= 0.6 is 0 Å². The molecule has 0 bridgehead atoms. The third-order valence-corrected chi connectivity index (χ3v) is 5.10. The zero-order valence-electron chi connectivity index (χ0n) is 5.94. The van der Waals surface area contributed by atoms with Crippen molar-refractivity contribution in [3.05, 3.63) is 0 Å². The Hall–Kier alpha value is 0.690. The second-order valence-corrected chi connectivity index (χ2v) is 5.49. The van der Waals surface area contributed by atoms with E-state index >= 15 is 0 Å². The van der Waals surface area contributed by atoms with Crippen LogP contribution in [0.1, 0.15) is 19.3 Å². The molecule has 1 rings (SSSR count). The molecule has 1 nitrogen and oxygen atoms in total. The minimum atomic E-state index is 0.477. The van der Waals surface area contributed by atoms with E-state index in [2.05, 4.69) is 4.93 Å². The molecule has 0 amide bonds. The summed E-state index contributed by atoms with van der Waals surface area (Å²) in [5.74, 6) is 1.10. The summed E-state index contributed by atoms with van der Waals surface area (Å²) in [4.78, 5) is 2.39. The minimum absolute atomic E-state index is 0.477. The van der Waals surface area contributed by atoms with Crippen LogP contribution in [0.3, 0.4) is 0 Å². The molecule has 0 radical (unpaired) electrons. The van der Waals surface area contributed by atoms with Gasteiger partial charge in [-0.25, -0.2) is 0 Å². The van der Waals surface area contributed by atoms with Crippen LogP contribution in [0.5, 0.6) is 0 Å². The van der Waals surface area contributed by atoms with E-state index in [1.807, 2.05) is 0 Å². The van der Waals surface area contributed by atoms with Gasteiger partial charge in [-0.1, -0.05) is 0 Å². The molecule has 56 valence electrons. The van der Waals surface area contributed by atoms with Crippen molar-refractivity contribution in [2.45, 2.75) is 23.2 Å². The molecule has 1 saturated carbocycles. The summed E-state index contributed by atoms with van der Waals surface area (Å²) in [6.07, 6.45) is 4.30. The summed E-state index contributed by atoms with van der Waals surface area (Å²) < 4.78 is 1.06. The van der Waals surface area contributed by atoms with Gasteiger partial charge < -0.3 is 0 Å². The van der Waals surface area contributed by atoms with E-state index in [0.717, 1.165) is 16.4 Å². The van der Waals surface area contributed by atoms with Gasteiger partial charge in [0.1, 0.15) is 0 Å². The molecule has 0 aromatic carbocycles. The Kier molecular flexibility index (Phi) is 3.26. The second kappa shape index (κ2) is 3.76. The predicted molar refractivity (Wildman–Crippen MR) is 36.1 cm³/mol. The van der Waals surface area contributed by atoms with Crippen LogP contribution in [0.15, 0.2) is 0 Å². The Balaban J connectivity index is 2.12. The van der Waals surface area contributed by atoms with Gasteiger partial charge >= 0.3 is 67.5 Å². The van der Waals surface area contributed by atoms with Gasteiger partial charge in [-0.15, -0.1) is 0 Å². The average molecular weight is 240 g/mol. The van der Waals surface area contributed by atoms with Crippen molar-refractivity contribution >= 4 is 0 Å². The second-order valence-electron chi connectivity index (χ2n) is 2.65. The van der Waals surface area contributed by atoms with E-state index in [-0.39, 0.29) is 0 Å². The molecule has 0 spiro atoms. The van der Waals surface area contributed by atoms with Gasteiger partial charge in [0.15, 0.2) is 0 Å². The molecule has 2 N–H and O–H groups in total. The molecule has 9 heavy (non-hydrogen) atoms. The van der Waals surface area contributed by atoms with E-state index in [0.29, 0.717) is 21.2 Å². The number of rotatable bonds is 4. The van der Waals surface area contributed by atoms with E-state index in [4.69, 9.17) is 5.73 Å². The Morgan fingerprint density at radius 2 is 2.33 bits per heavy atom. The standard InChI is InChI=1S/C7H15IN/c1-8-7(4-5-9)6-2-3-6/h6-7H,2-5,9H2,1H3/q-1. The molecular formula is C7H15IN-. The van der Waals surface area contributed by atoms with Crippen molar-refractivity contribution in [2.75, 3.05) is 11.5 Å². The summed E-state index contributed by atoms with van der Waals surface area (Å²) in [6.45, 7) is 0.911. The first-order valence-corrected chi connectivity index (χ1v) is 6.97. The zero-order valence-corrected chi connectivity index (χ0v) is 8.10. The summed E-state index contributed by atoms with van der Waals surface area (Å²) in [7, 11) is 0. The fourth-order valence-electron chi connectivity index (χ4n) is 1.14. The van der Waals surface area contributed by atoms with Crippen molar-refractivity contribution in [1.82, 2.24) is 0 Å². The van der Waals surface area contributed by atoms with Gasteiger partial charge in [0.05, 0.1) is 0 Å². The van der Waals surface area contributed by atoms with E-state index < -0.39 is 0 Å². The van der Waals surface area contributed by atoms with Crippen molar-refractivity contribution in [3.8, 4) is 0 Å². The number of nitrogens with two attached hydrogens (primary N) is 1. The average Bonchev–Trinajstić information content (AvgIpc) is 2.64. The van der Waals surface area contributed by atoms with Crippen LogP contribution in [0.2, 0.25) is 0 Å². The SMILES string of the molecule is C[I-]C(CCN)C1CC1. The number of halogens is 1. The molecule has 1 aliphatic rings. The van der Waals surface area contributed by atoms with Crippen molar-refractivity contribution < 1.29 is 21.2 Å². The molecule has 0 saturated heterocycles. The molecule has 0 aromatic rings. The first-order valence-electron chi connectivity index (χ1n) is 3.56. The molecule has 0 aliphatic heterocycles. The first kappa shape index (κ1) is 7.79. The molecule has 1 aliphatic carbocycles. The molecular weight excluding hydrogens is 225 g/mol. The number of hydrogen-bond donors (Lipinski definition) is 1. The Morgan fingerprint density at radius 1 is 1.67 bits per heavy atom. The fraction of sp³-hybridized carbons (Fsp3) is 1.00. The van der Waals surface area contributed by atoms with Gasteiger partial charge in [0, 0.05) is 0 Å². The van der Waals surface area contributed by atoms with Crippen LogP contribution in [-0.2, 0) is 0 Å². The summed E-state index contributed by atoms with van der Waals surface area (Å²) in [6, 6.07) is 0. The number of alkyl halides is 2. The van der Waals surface area contributed by atoms with Crippen LogP contribution in [-0.4, -0.2) is 15.4 Å². The van der Waals surface area contributed by atoms with Crippen molar-refractivity contribution in [1.29, 1.82) is 0 Å². The van der Waals surface area contributed by atoms with E-state index in [1.165, 1.54) is 19.3 Å². The van der Waals surface area contributed by atoms with Crippen LogP contribution in [0.25, 0.3) is 0 Å². The maximum absolute atomic E-state index is 5.49. The van der Waals surface area contributed by atoms with Gasteiger partial charge in [0.2, 0.25) is 0 Å². The van der Waals surface area contributed by atoms with Crippen LogP contribution in [0, 0.1) is 5.92 Å². The van der Waals surface area contributed by atoms with Gasteiger partial charge in [-0.2, -0.15) is 0 Å². The molecule has 2 heteroatoms. The maximum atomic E-state index is 5.49. The van der Waals surface area contributed by atoms with Crippen molar-refractivity contribution in [2.24, 2.45) is 11.7 Å². The predicted octanol–water partition coefficient (Wildman–Crippen LogP) is -2.17. The van der Waals surface area contributed by atoms with Crippen LogP contribution < -0.4 is 26.9 Å². The molecule has 0 heterocycles. The molecule has 1 fully saturated rings. The zero-order chi connectivity index (χ0) is 6.69. The third-order valence-electron chi connectivity index (χ3n) is 1.86. The normalized spacial score (nSPS) is 22.4. The molecule has 1 atom stereocenters. The fourth-order valence-corrected chi connectivity index (χ4v) is 3.86. The molecule has 0 aromatic heterocycles.